The Hall–Kier alpha value is -0.817. The van der Waals surface area contributed by atoms with E-state index < -0.39 is 0 Å². The molecule has 1 rings (SSSR count). The maximum absolute atomic E-state index is 12.1. The molecule has 0 bridgehead atoms. The molecule has 0 aromatic heterocycles. The number of Topliss-reactive ketones (excluding diaryl/α,β-unsaturated/α-hetero) is 2. The van der Waals surface area contributed by atoms with Crippen molar-refractivity contribution in [1.29, 1.82) is 0 Å². The van der Waals surface area contributed by atoms with E-state index in [2.05, 4.69) is 6.92 Å². The molecular weight excluding hydrogens is 290 g/mol. The van der Waals surface area contributed by atoms with E-state index in [1.165, 1.54) is 26.2 Å². The first-order valence-electron chi connectivity index (χ1n) is 6.80. The smallest absolute Gasteiger partial charge is 0.163 e. The van der Waals surface area contributed by atoms with E-state index in [-0.39, 0.29) is 31.0 Å². The first-order chi connectivity index (χ1) is 8.66. The third kappa shape index (κ3) is 6.25. The zero-order valence-electron chi connectivity index (χ0n) is 12.1. The van der Waals surface area contributed by atoms with Crippen molar-refractivity contribution in [2.24, 2.45) is 0 Å². The summed E-state index contributed by atoms with van der Waals surface area (Å²) in [5.41, 5.74) is 1.14. The van der Waals surface area contributed by atoms with Gasteiger partial charge < -0.3 is 0 Å². The van der Waals surface area contributed by atoms with E-state index in [0.29, 0.717) is 17.5 Å². The summed E-state index contributed by atoms with van der Waals surface area (Å²) in [6.45, 7) is 3.68. The summed E-state index contributed by atoms with van der Waals surface area (Å²) in [7, 11) is 0. The van der Waals surface area contributed by atoms with Crippen LogP contribution in [0.15, 0.2) is 24.3 Å². The van der Waals surface area contributed by atoms with Crippen LogP contribution in [0.3, 0.4) is 0 Å². The summed E-state index contributed by atoms with van der Waals surface area (Å²) >= 11 is 0. The molecule has 19 heavy (non-hydrogen) atoms. The van der Waals surface area contributed by atoms with Gasteiger partial charge in [0.15, 0.2) is 11.6 Å². The monoisotopic (exact) mass is 310 g/mol. The summed E-state index contributed by atoms with van der Waals surface area (Å²) in [6.07, 6.45) is 6.21. The van der Waals surface area contributed by atoms with Crippen molar-refractivity contribution in [3.05, 3.63) is 35.4 Å². The fraction of sp³-hybridized carbons (Fsp3) is 0.500. The number of carbonyl (C=O) groups excluding carboxylic acids is 2. The summed E-state index contributed by atoms with van der Waals surface area (Å²) in [5.74, 6) is 0.0576. The third-order valence-corrected chi connectivity index (χ3v) is 3.11. The molecule has 0 fully saturated rings. The van der Waals surface area contributed by atoms with Gasteiger partial charge in [0.05, 0.1) is 0 Å². The quantitative estimate of drug-likeness (QED) is 0.404. The summed E-state index contributed by atoms with van der Waals surface area (Å²) in [5, 5.41) is 0. The average Bonchev–Trinajstić information content (AvgIpc) is 2.38. The topological polar surface area (TPSA) is 34.1 Å². The zero-order valence-corrected chi connectivity index (χ0v) is 15.0. The molecule has 0 saturated heterocycles. The molecule has 1 aromatic rings. The van der Waals surface area contributed by atoms with Crippen molar-refractivity contribution in [1.82, 2.24) is 0 Å². The number of rotatable bonds is 8. The van der Waals surface area contributed by atoms with Gasteiger partial charge in [0.2, 0.25) is 0 Å². The van der Waals surface area contributed by atoms with E-state index in [4.69, 9.17) is 0 Å². The molecule has 0 aliphatic rings. The van der Waals surface area contributed by atoms with Gasteiger partial charge >= 0.3 is 0 Å². The number of hydrogen-bond donors (Lipinski definition) is 0. The minimum absolute atomic E-state index is 0. The minimum Gasteiger partial charge on any atom is -0.294 e. The van der Waals surface area contributed by atoms with Crippen LogP contribution in [-0.2, 0) is 19.5 Å². The van der Waals surface area contributed by atoms with Gasteiger partial charge in [-0.2, -0.15) is 0 Å². The standard InChI is InChI=1S/C16H22O2.Zn/c1-3-4-5-6-7-12-16(18)15-11-9-8-10-14(15)13(2)17;/h8-11H,3-7,12H2,1-2H3;. The van der Waals surface area contributed by atoms with Crippen LogP contribution >= 0.6 is 0 Å². The van der Waals surface area contributed by atoms with Crippen LogP contribution in [0, 0.1) is 0 Å². The summed E-state index contributed by atoms with van der Waals surface area (Å²) in [6, 6.07) is 7.10. The Kier molecular flexibility index (Phi) is 9.60. The maximum Gasteiger partial charge on any atom is 0.163 e. The fourth-order valence-electron chi connectivity index (χ4n) is 2.06. The second-order valence-electron chi connectivity index (χ2n) is 4.69. The molecule has 0 unspecified atom stereocenters. The molecule has 0 heterocycles. The van der Waals surface area contributed by atoms with Crippen molar-refractivity contribution in [3.63, 3.8) is 0 Å². The number of benzene rings is 1. The predicted octanol–water partition coefficient (Wildman–Crippen LogP) is 4.43. The zero-order chi connectivity index (χ0) is 13.4. The van der Waals surface area contributed by atoms with Crippen molar-refractivity contribution in [2.45, 2.75) is 52.4 Å². The predicted molar refractivity (Wildman–Crippen MR) is 74.2 cm³/mol. The van der Waals surface area contributed by atoms with Crippen molar-refractivity contribution >= 4 is 11.6 Å². The first kappa shape index (κ1) is 18.2. The van der Waals surface area contributed by atoms with Crippen LogP contribution in [0.4, 0.5) is 0 Å². The Labute approximate surface area is 128 Å². The minimum atomic E-state index is -0.0371. The van der Waals surface area contributed by atoms with Gasteiger partial charge in [-0.15, -0.1) is 0 Å². The molecule has 0 amide bonds. The van der Waals surface area contributed by atoms with E-state index in [9.17, 15) is 9.59 Å². The number of hydrogen-bond acceptors (Lipinski definition) is 2. The third-order valence-electron chi connectivity index (χ3n) is 3.11. The summed E-state index contributed by atoms with van der Waals surface area (Å²) in [4.78, 5) is 23.5. The van der Waals surface area contributed by atoms with Gasteiger partial charge in [-0.1, -0.05) is 56.9 Å². The molecule has 100 valence electrons. The second kappa shape index (κ2) is 10.0. The SMILES string of the molecule is CCCCCCCC(=O)c1ccccc1C(C)=O.[Zn]. The molecule has 1 aromatic carbocycles. The van der Waals surface area contributed by atoms with Gasteiger partial charge in [0.25, 0.3) is 0 Å². The van der Waals surface area contributed by atoms with Crippen molar-refractivity contribution in [2.75, 3.05) is 0 Å². The molecule has 0 aliphatic heterocycles. The Morgan fingerprint density at radius 3 is 2.11 bits per heavy atom. The van der Waals surface area contributed by atoms with Crippen LogP contribution in [0.2, 0.25) is 0 Å². The second-order valence-corrected chi connectivity index (χ2v) is 4.69. The molecule has 0 atom stereocenters. The normalized spacial score (nSPS) is 9.79. The van der Waals surface area contributed by atoms with Gasteiger partial charge in [0, 0.05) is 37.0 Å². The maximum atomic E-state index is 12.1. The van der Waals surface area contributed by atoms with E-state index in [0.717, 1.165) is 12.8 Å². The Bertz CT molecular complexity index is 413. The van der Waals surface area contributed by atoms with Crippen LogP contribution < -0.4 is 0 Å². The van der Waals surface area contributed by atoms with Crippen molar-refractivity contribution in [3.8, 4) is 0 Å². The van der Waals surface area contributed by atoms with Crippen LogP contribution in [0.25, 0.3) is 0 Å². The van der Waals surface area contributed by atoms with Gasteiger partial charge in [0.1, 0.15) is 0 Å². The average molecular weight is 312 g/mol. The van der Waals surface area contributed by atoms with Crippen LogP contribution in [-0.4, -0.2) is 11.6 Å². The Balaban J connectivity index is 0.00000324. The van der Waals surface area contributed by atoms with Gasteiger partial charge in [-0.3, -0.25) is 9.59 Å². The first-order valence-corrected chi connectivity index (χ1v) is 6.80. The van der Waals surface area contributed by atoms with Crippen molar-refractivity contribution < 1.29 is 29.1 Å². The van der Waals surface area contributed by atoms with Crippen LogP contribution in [0.1, 0.15) is 73.1 Å². The number of carbonyl (C=O) groups is 2. The molecule has 0 radical (unpaired) electrons. The van der Waals surface area contributed by atoms with E-state index in [1.807, 2.05) is 6.07 Å². The fourth-order valence-corrected chi connectivity index (χ4v) is 2.06. The Morgan fingerprint density at radius 1 is 0.947 bits per heavy atom. The van der Waals surface area contributed by atoms with Crippen LogP contribution in [0.5, 0.6) is 0 Å². The van der Waals surface area contributed by atoms with E-state index in [1.54, 1.807) is 18.2 Å². The van der Waals surface area contributed by atoms with Gasteiger partial charge in [-0.05, 0) is 13.3 Å². The molecule has 0 aliphatic carbocycles. The van der Waals surface area contributed by atoms with E-state index >= 15 is 0 Å². The molecule has 0 saturated carbocycles. The molecule has 0 spiro atoms. The number of unbranched alkanes of at least 4 members (excludes halogenated alkanes) is 4. The molecule has 0 N–H and O–H groups in total. The molecule has 3 heteroatoms. The molecular formula is C16H22O2Zn. The largest absolute Gasteiger partial charge is 0.294 e. The number of ketones is 2. The summed E-state index contributed by atoms with van der Waals surface area (Å²) < 4.78 is 0. The molecule has 2 nitrogen and oxygen atoms in total. The Morgan fingerprint density at radius 2 is 1.53 bits per heavy atom. The van der Waals surface area contributed by atoms with Gasteiger partial charge in [-0.25, -0.2) is 0 Å².